The molecule has 1 fully saturated rings. The van der Waals surface area contributed by atoms with E-state index in [0.717, 1.165) is 12.8 Å². The Morgan fingerprint density at radius 2 is 1.96 bits per heavy atom. The quantitative estimate of drug-likeness (QED) is 0.895. The van der Waals surface area contributed by atoms with Crippen molar-refractivity contribution in [2.75, 3.05) is 26.0 Å². The highest BCUT2D eigenvalue weighted by Crippen LogP contribution is 2.35. The molecule has 5 nitrogen and oxygen atoms in total. The zero-order chi connectivity index (χ0) is 17.0. The topological polar surface area (TPSA) is 58.6 Å². The maximum atomic E-state index is 12.7. The number of hydrogen-bond donors (Lipinski definition) is 1. The molecule has 0 unspecified atom stereocenters. The lowest BCUT2D eigenvalue weighted by Gasteiger charge is -2.27. The summed E-state index contributed by atoms with van der Waals surface area (Å²) in [6, 6.07) is 4.88. The second-order valence-corrected chi connectivity index (χ2v) is 6.39. The molecule has 0 spiro atoms. The van der Waals surface area contributed by atoms with Gasteiger partial charge in [0.05, 0.1) is 10.7 Å². The molecule has 1 saturated carbocycles. The van der Waals surface area contributed by atoms with Crippen molar-refractivity contribution in [3.8, 4) is 0 Å². The van der Waals surface area contributed by atoms with E-state index in [9.17, 15) is 9.59 Å². The van der Waals surface area contributed by atoms with Gasteiger partial charge in [-0.05, 0) is 50.8 Å². The number of nitrogens with one attached hydrogen (secondary N) is 1. The summed E-state index contributed by atoms with van der Waals surface area (Å²) >= 11 is 6.17. The molecule has 1 N–H and O–H groups in total. The Balaban J connectivity index is 2.23. The number of carbonyl (C=O) groups is 2. The van der Waals surface area contributed by atoms with Crippen LogP contribution < -0.4 is 5.32 Å². The Bertz CT molecular complexity index is 596. The fourth-order valence-electron chi connectivity index (χ4n) is 2.91. The van der Waals surface area contributed by atoms with Crippen molar-refractivity contribution in [2.45, 2.75) is 38.2 Å². The average molecular weight is 339 g/mol. The highest BCUT2D eigenvalue weighted by molar-refractivity contribution is 6.34. The Hall–Kier alpha value is -1.59. The zero-order valence-electron chi connectivity index (χ0n) is 13.8. The first-order valence-corrected chi connectivity index (χ1v) is 8.24. The predicted molar refractivity (Wildman–Crippen MR) is 90.9 cm³/mol. The van der Waals surface area contributed by atoms with Gasteiger partial charge in [0, 0.05) is 26.3 Å². The summed E-state index contributed by atoms with van der Waals surface area (Å²) in [5.41, 5.74) is 0.140. The maximum absolute atomic E-state index is 12.7. The second-order valence-electron chi connectivity index (χ2n) is 5.98. The number of benzene rings is 1. The van der Waals surface area contributed by atoms with E-state index < -0.39 is 5.60 Å². The van der Waals surface area contributed by atoms with Gasteiger partial charge in [-0.25, -0.2) is 0 Å². The van der Waals surface area contributed by atoms with E-state index in [1.807, 2.05) is 6.92 Å². The molecular weight excluding hydrogens is 316 g/mol. The molecule has 1 aromatic rings. The van der Waals surface area contributed by atoms with E-state index in [0.29, 0.717) is 35.7 Å². The van der Waals surface area contributed by atoms with Gasteiger partial charge in [-0.2, -0.15) is 0 Å². The minimum atomic E-state index is -0.778. The van der Waals surface area contributed by atoms with E-state index >= 15 is 0 Å². The van der Waals surface area contributed by atoms with Gasteiger partial charge in [0.25, 0.3) is 11.8 Å². The number of halogens is 1. The Labute approximate surface area is 141 Å². The number of ether oxygens (including phenoxy) is 1. The van der Waals surface area contributed by atoms with Gasteiger partial charge in [-0.3, -0.25) is 9.59 Å². The first-order chi connectivity index (χ1) is 10.9. The lowest BCUT2D eigenvalue weighted by molar-refractivity contribution is -0.140. The number of anilines is 1. The summed E-state index contributed by atoms with van der Waals surface area (Å²) in [6.07, 6.45) is 3.36. The monoisotopic (exact) mass is 338 g/mol. The van der Waals surface area contributed by atoms with Gasteiger partial charge in [-0.15, -0.1) is 0 Å². The molecule has 1 aliphatic rings. The van der Waals surface area contributed by atoms with E-state index in [4.69, 9.17) is 16.3 Å². The molecule has 126 valence electrons. The molecule has 2 rings (SSSR count). The van der Waals surface area contributed by atoms with Crippen LogP contribution in [0.15, 0.2) is 18.2 Å². The summed E-state index contributed by atoms with van der Waals surface area (Å²) in [6.45, 7) is 2.37. The van der Waals surface area contributed by atoms with Crippen LogP contribution in [0.4, 0.5) is 5.69 Å². The molecule has 0 saturated heterocycles. The normalized spacial score (nSPS) is 16.2. The molecule has 0 aliphatic heterocycles. The highest BCUT2D eigenvalue weighted by Gasteiger charge is 2.42. The molecule has 0 aromatic heterocycles. The van der Waals surface area contributed by atoms with Crippen LogP contribution in [0.25, 0.3) is 0 Å². The smallest absolute Gasteiger partial charge is 0.256 e. The van der Waals surface area contributed by atoms with Crippen LogP contribution in [-0.2, 0) is 9.53 Å². The summed E-state index contributed by atoms with van der Waals surface area (Å²) in [5, 5.41) is 3.25. The Morgan fingerprint density at radius 1 is 1.30 bits per heavy atom. The molecular formula is C17H23ClN2O3. The van der Waals surface area contributed by atoms with Crippen molar-refractivity contribution < 1.29 is 14.3 Å². The van der Waals surface area contributed by atoms with Crippen molar-refractivity contribution in [3.63, 3.8) is 0 Å². The van der Waals surface area contributed by atoms with Crippen LogP contribution in [0.3, 0.4) is 0 Å². The third kappa shape index (κ3) is 3.85. The van der Waals surface area contributed by atoms with Gasteiger partial charge in [0.15, 0.2) is 0 Å². The van der Waals surface area contributed by atoms with Crippen LogP contribution >= 0.6 is 11.6 Å². The fraction of sp³-hybridized carbons (Fsp3) is 0.529. The van der Waals surface area contributed by atoms with Crippen LogP contribution in [-0.4, -0.2) is 43.0 Å². The Morgan fingerprint density at radius 3 is 2.52 bits per heavy atom. The molecule has 23 heavy (non-hydrogen) atoms. The molecule has 2 amide bonds. The lowest BCUT2D eigenvalue weighted by Crippen LogP contribution is -2.43. The first kappa shape index (κ1) is 17.8. The summed E-state index contributed by atoms with van der Waals surface area (Å²) < 4.78 is 5.75. The summed E-state index contributed by atoms with van der Waals surface area (Å²) in [4.78, 5) is 26.2. The number of nitrogens with zero attached hydrogens (tertiary/aromatic N) is 1. The largest absolute Gasteiger partial charge is 0.365 e. The molecule has 0 heterocycles. The minimum Gasteiger partial charge on any atom is -0.365 e. The minimum absolute atomic E-state index is 0.141. The van der Waals surface area contributed by atoms with Crippen LogP contribution in [0.2, 0.25) is 5.02 Å². The van der Waals surface area contributed by atoms with Crippen molar-refractivity contribution in [3.05, 3.63) is 28.8 Å². The van der Waals surface area contributed by atoms with Crippen molar-refractivity contribution in [2.24, 2.45) is 0 Å². The SMILES string of the molecule is CCOC1(C(=O)Nc2cc(C(=O)N(C)C)ccc2Cl)CCCC1. The lowest BCUT2D eigenvalue weighted by atomic mass is 10.0. The fourth-order valence-corrected chi connectivity index (χ4v) is 3.07. The predicted octanol–water partition coefficient (Wildman–Crippen LogP) is 3.33. The number of carbonyl (C=O) groups excluding carboxylic acids is 2. The second kappa shape index (κ2) is 7.32. The molecule has 0 atom stereocenters. The van der Waals surface area contributed by atoms with Crippen LogP contribution in [0.5, 0.6) is 0 Å². The summed E-state index contributed by atoms with van der Waals surface area (Å²) in [5.74, 6) is -0.328. The van der Waals surface area contributed by atoms with Crippen molar-refractivity contribution in [1.29, 1.82) is 0 Å². The van der Waals surface area contributed by atoms with Gasteiger partial charge in [0.2, 0.25) is 0 Å². The molecule has 0 radical (unpaired) electrons. The van der Waals surface area contributed by atoms with Gasteiger partial charge in [-0.1, -0.05) is 11.6 Å². The molecule has 0 bridgehead atoms. The van der Waals surface area contributed by atoms with E-state index in [-0.39, 0.29) is 11.8 Å². The zero-order valence-corrected chi connectivity index (χ0v) is 14.6. The average Bonchev–Trinajstić information content (AvgIpc) is 2.99. The first-order valence-electron chi connectivity index (χ1n) is 7.86. The standard InChI is InChI=1S/C17H23ClN2O3/c1-4-23-17(9-5-6-10-17)16(22)19-14-11-12(7-8-13(14)18)15(21)20(2)3/h7-8,11H,4-6,9-10H2,1-3H3,(H,19,22). The maximum Gasteiger partial charge on any atom is 0.256 e. The van der Waals surface area contributed by atoms with Crippen LogP contribution in [0.1, 0.15) is 43.0 Å². The van der Waals surface area contributed by atoms with Gasteiger partial charge < -0.3 is 15.0 Å². The highest BCUT2D eigenvalue weighted by atomic mass is 35.5. The number of hydrogen-bond acceptors (Lipinski definition) is 3. The van der Waals surface area contributed by atoms with Gasteiger partial charge in [0.1, 0.15) is 5.60 Å². The van der Waals surface area contributed by atoms with Crippen molar-refractivity contribution in [1.82, 2.24) is 4.90 Å². The van der Waals surface area contributed by atoms with Crippen LogP contribution in [0, 0.1) is 0 Å². The molecule has 6 heteroatoms. The molecule has 1 aliphatic carbocycles. The summed E-state index contributed by atoms with van der Waals surface area (Å²) in [7, 11) is 3.36. The Kier molecular flexibility index (Phi) is 5.65. The van der Waals surface area contributed by atoms with Crippen molar-refractivity contribution >= 4 is 29.1 Å². The third-order valence-electron chi connectivity index (χ3n) is 4.11. The van der Waals surface area contributed by atoms with E-state index in [1.54, 1.807) is 32.3 Å². The van der Waals surface area contributed by atoms with E-state index in [2.05, 4.69) is 5.32 Å². The number of rotatable bonds is 5. The third-order valence-corrected chi connectivity index (χ3v) is 4.44. The van der Waals surface area contributed by atoms with Gasteiger partial charge >= 0.3 is 0 Å². The van der Waals surface area contributed by atoms with E-state index in [1.165, 1.54) is 4.90 Å². The number of amides is 2. The molecule has 1 aromatic carbocycles.